The third-order valence-electron chi connectivity index (χ3n) is 6.14. The van der Waals surface area contributed by atoms with Crippen LogP contribution in [0.4, 0.5) is 5.69 Å². The van der Waals surface area contributed by atoms with E-state index >= 15 is 0 Å². The van der Waals surface area contributed by atoms with Crippen LogP contribution in [0.2, 0.25) is 10.0 Å². The maximum Gasteiger partial charge on any atom is 0.264 e. The first-order valence-electron chi connectivity index (χ1n) is 13.1. The van der Waals surface area contributed by atoms with Crippen LogP contribution in [0.1, 0.15) is 24.1 Å². The molecule has 2 N–H and O–H groups in total. The van der Waals surface area contributed by atoms with Gasteiger partial charge in [0.1, 0.15) is 12.3 Å². The van der Waals surface area contributed by atoms with E-state index in [1.54, 1.807) is 42.5 Å². The second kappa shape index (κ2) is 14.7. The zero-order valence-corrected chi connectivity index (χ0v) is 25.3. The fraction of sp³-hybridized carbons (Fsp3) is 0.129. The molecule has 4 rings (SSSR count). The van der Waals surface area contributed by atoms with E-state index in [1.807, 2.05) is 37.3 Å². The van der Waals surface area contributed by atoms with Crippen molar-refractivity contribution in [3.8, 4) is 5.75 Å². The van der Waals surface area contributed by atoms with Crippen LogP contribution < -0.4 is 19.8 Å². The largest absolute Gasteiger partial charge is 0.484 e. The molecule has 222 valence electrons. The van der Waals surface area contributed by atoms with Gasteiger partial charge in [0.25, 0.3) is 21.8 Å². The Labute approximate surface area is 260 Å². The zero-order chi connectivity index (χ0) is 30.8. The molecule has 1 atom stereocenters. The minimum Gasteiger partial charge on any atom is -0.484 e. The van der Waals surface area contributed by atoms with E-state index < -0.39 is 22.5 Å². The number of carbonyl (C=O) groups excluding carboxylic acids is 2. The number of hydrazone groups is 1. The van der Waals surface area contributed by atoms with Gasteiger partial charge in [0, 0.05) is 0 Å². The standard InChI is InChI=1S/C31H28Cl2N4O5S/c1-22(24-8-4-2-5-9-24)35-31(39)21-42-26-15-12-23(13-16-26)19-34-36-30(38)20-37(25-14-17-28(32)29(33)18-25)43(40,41)27-10-6-3-7-11-27/h2-19,22H,20-21H2,1H3,(H,35,39)(H,36,38)/b34-19-/t22-/m1/s1. The number of hydrogen-bond donors (Lipinski definition) is 2. The molecule has 9 nitrogen and oxygen atoms in total. The smallest absolute Gasteiger partial charge is 0.264 e. The van der Waals surface area contributed by atoms with Crippen molar-refractivity contribution in [2.24, 2.45) is 5.10 Å². The topological polar surface area (TPSA) is 117 Å². The van der Waals surface area contributed by atoms with Crippen LogP contribution in [0.15, 0.2) is 113 Å². The van der Waals surface area contributed by atoms with Crippen molar-refractivity contribution in [3.05, 3.63) is 124 Å². The molecule has 0 saturated carbocycles. The lowest BCUT2D eigenvalue weighted by molar-refractivity contribution is -0.123. The first-order valence-corrected chi connectivity index (χ1v) is 15.2. The Kier molecular flexibility index (Phi) is 10.8. The molecule has 12 heteroatoms. The molecule has 4 aromatic rings. The third-order valence-corrected chi connectivity index (χ3v) is 8.67. The van der Waals surface area contributed by atoms with Crippen molar-refractivity contribution in [1.29, 1.82) is 0 Å². The molecule has 2 amide bonds. The summed E-state index contributed by atoms with van der Waals surface area (Å²) in [6.07, 6.45) is 1.39. The van der Waals surface area contributed by atoms with Crippen LogP contribution in [-0.4, -0.2) is 39.6 Å². The maximum absolute atomic E-state index is 13.4. The molecule has 0 saturated heterocycles. The van der Waals surface area contributed by atoms with Gasteiger partial charge in [0.15, 0.2) is 6.61 Å². The predicted molar refractivity (Wildman–Crippen MR) is 168 cm³/mol. The van der Waals surface area contributed by atoms with Gasteiger partial charge in [-0.25, -0.2) is 13.8 Å². The van der Waals surface area contributed by atoms with Crippen LogP contribution >= 0.6 is 23.2 Å². The molecule has 4 aromatic carbocycles. The molecule has 0 aliphatic rings. The van der Waals surface area contributed by atoms with Gasteiger partial charge in [-0.05, 0) is 72.6 Å². The summed E-state index contributed by atoms with van der Waals surface area (Å²) in [7, 11) is -4.12. The lowest BCUT2D eigenvalue weighted by Gasteiger charge is -2.24. The Morgan fingerprint density at radius 3 is 2.19 bits per heavy atom. The number of ether oxygens (including phenoxy) is 1. The van der Waals surface area contributed by atoms with Gasteiger partial charge in [-0.2, -0.15) is 5.10 Å². The van der Waals surface area contributed by atoms with Gasteiger partial charge in [-0.15, -0.1) is 0 Å². The molecule has 0 aromatic heterocycles. The number of anilines is 1. The molecule has 43 heavy (non-hydrogen) atoms. The van der Waals surface area contributed by atoms with Gasteiger partial charge in [0.05, 0.1) is 32.9 Å². The summed E-state index contributed by atoms with van der Waals surface area (Å²) >= 11 is 12.1. The summed E-state index contributed by atoms with van der Waals surface area (Å²) < 4.78 is 33.3. The van der Waals surface area contributed by atoms with Crippen molar-refractivity contribution < 1.29 is 22.7 Å². The molecular weight excluding hydrogens is 611 g/mol. The third kappa shape index (κ3) is 8.81. The summed E-state index contributed by atoms with van der Waals surface area (Å²) in [6, 6.07) is 28.2. The molecule has 0 fully saturated rings. The highest BCUT2D eigenvalue weighted by Crippen LogP contribution is 2.30. The number of hydrogen-bond acceptors (Lipinski definition) is 6. The molecule has 0 spiro atoms. The molecular formula is C31H28Cl2N4O5S. The second-order valence-electron chi connectivity index (χ2n) is 9.27. The number of sulfonamides is 1. The summed E-state index contributed by atoms with van der Waals surface area (Å²) in [5.41, 5.74) is 4.14. The Bertz CT molecular complexity index is 1690. The zero-order valence-electron chi connectivity index (χ0n) is 23.0. The average molecular weight is 640 g/mol. The Balaban J connectivity index is 1.34. The number of nitrogens with zero attached hydrogens (tertiary/aromatic N) is 2. The summed E-state index contributed by atoms with van der Waals surface area (Å²) in [6.45, 7) is 1.18. The Morgan fingerprint density at radius 2 is 1.53 bits per heavy atom. The van der Waals surface area contributed by atoms with Crippen molar-refractivity contribution in [1.82, 2.24) is 10.7 Å². The van der Waals surface area contributed by atoms with Crippen molar-refractivity contribution in [2.75, 3.05) is 17.5 Å². The Hall–Kier alpha value is -4.38. The number of amides is 2. The maximum atomic E-state index is 13.4. The summed E-state index contributed by atoms with van der Waals surface area (Å²) in [4.78, 5) is 25.0. The normalized spacial score (nSPS) is 12.0. The van der Waals surface area contributed by atoms with Gasteiger partial charge in [-0.3, -0.25) is 13.9 Å². The molecule has 0 unspecified atom stereocenters. The van der Waals surface area contributed by atoms with Gasteiger partial charge >= 0.3 is 0 Å². The van der Waals surface area contributed by atoms with E-state index in [4.69, 9.17) is 27.9 Å². The van der Waals surface area contributed by atoms with E-state index in [9.17, 15) is 18.0 Å². The molecule has 0 aliphatic carbocycles. The quantitative estimate of drug-likeness (QED) is 0.155. The van der Waals surface area contributed by atoms with Crippen molar-refractivity contribution >= 4 is 56.9 Å². The highest BCUT2D eigenvalue weighted by atomic mass is 35.5. The van der Waals surface area contributed by atoms with Crippen LogP contribution in [-0.2, 0) is 19.6 Å². The van der Waals surface area contributed by atoms with Crippen molar-refractivity contribution in [2.45, 2.75) is 17.9 Å². The van der Waals surface area contributed by atoms with Gasteiger partial charge in [-0.1, -0.05) is 71.7 Å². The fourth-order valence-electron chi connectivity index (χ4n) is 3.93. The molecule has 0 bridgehead atoms. The van der Waals surface area contributed by atoms with E-state index in [1.165, 1.54) is 36.5 Å². The highest BCUT2D eigenvalue weighted by Gasteiger charge is 2.27. The molecule has 0 aliphatic heterocycles. The summed E-state index contributed by atoms with van der Waals surface area (Å²) in [5.74, 6) is -0.460. The SMILES string of the molecule is C[C@@H](NC(=O)COc1ccc(/C=N\NC(=O)CN(c2ccc(Cl)c(Cl)c2)S(=O)(=O)c2ccccc2)cc1)c1ccccc1. The number of nitrogens with one attached hydrogen (secondary N) is 2. The van der Waals surface area contributed by atoms with Crippen LogP contribution in [0.3, 0.4) is 0 Å². The lowest BCUT2D eigenvalue weighted by Crippen LogP contribution is -2.39. The monoisotopic (exact) mass is 638 g/mol. The predicted octanol–water partition coefficient (Wildman–Crippen LogP) is 5.60. The van der Waals surface area contributed by atoms with E-state index in [-0.39, 0.29) is 39.2 Å². The highest BCUT2D eigenvalue weighted by molar-refractivity contribution is 7.92. The molecule has 0 radical (unpaired) electrons. The van der Waals surface area contributed by atoms with E-state index in [0.717, 1.165) is 9.87 Å². The molecule has 0 heterocycles. The number of halogens is 2. The summed E-state index contributed by atoms with van der Waals surface area (Å²) in [5, 5.41) is 7.21. The van der Waals surface area contributed by atoms with Gasteiger partial charge in [0.2, 0.25) is 0 Å². The minimum absolute atomic E-state index is 0.00266. The fourth-order valence-corrected chi connectivity index (χ4v) is 5.65. The van der Waals surface area contributed by atoms with Crippen LogP contribution in [0.5, 0.6) is 5.75 Å². The van der Waals surface area contributed by atoms with Gasteiger partial charge < -0.3 is 10.1 Å². The second-order valence-corrected chi connectivity index (χ2v) is 12.0. The first kappa shape index (κ1) is 31.6. The Morgan fingerprint density at radius 1 is 0.884 bits per heavy atom. The van der Waals surface area contributed by atoms with E-state index in [0.29, 0.717) is 11.3 Å². The first-order chi connectivity index (χ1) is 20.6. The number of benzene rings is 4. The lowest BCUT2D eigenvalue weighted by atomic mass is 10.1. The van der Waals surface area contributed by atoms with Crippen LogP contribution in [0.25, 0.3) is 0 Å². The minimum atomic E-state index is -4.12. The van der Waals surface area contributed by atoms with E-state index in [2.05, 4.69) is 15.8 Å². The number of rotatable bonds is 12. The average Bonchev–Trinajstić information content (AvgIpc) is 3.01. The van der Waals surface area contributed by atoms with Crippen LogP contribution in [0, 0.1) is 0 Å². The van der Waals surface area contributed by atoms with Crippen molar-refractivity contribution in [3.63, 3.8) is 0 Å². The number of carbonyl (C=O) groups is 2.